The second kappa shape index (κ2) is 4.89. The van der Waals surface area contributed by atoms with Gasteiger partial charge in [0, 0.05) is 16.2 Å². The van der Waals surface area contributed by atoms with Gasteiger partial charge in [0.05, 0.1) is 11.6 Å². The Balaban J connectivity index is 2.53. The first-order valence-electron chi connectivity index (χ1n) is 4.54. The first-order chi connectivity index (χ1) is 7.70. The highest BCUT2D eigenvalue weighted by Crippen LogP contribution is 2.24. The molecule has 1 heterocycles. The van der Waals surface area contributed by atoms with E-state index >= 15 is 0 Å². The Morgan fingerprint density at radius 1 is 1.31 bits per heavy atom. The van der Waals surface area contributed by atoms with Gasteiger partial charge in [0.25, 0.3) is 0 Å². The topological polar surface area (TPSA) is 25.8 Å². The fraction of sp³-hybridized carbons (Fsp3) is 0.0909. The van der Waals surface area contributed by atoms with Gasteiger partial charge in [-0.3, -0.25) is 0 Å². The van der Waals surface area contributed by atoms with Crippen LogP contribution in [0.5, 0.6) is 0 Å². The lowest BCUT2D eigenvalue weighted by atomic mass is 10.1. The van der Waals surface area contributed by atoms with E-state index in [1.54, 1.807) is 24.4 Å². The summed E-state index contributed by atoms with van der Waals surface area (Å²) in [7, 11) is 0. The summed E-state index contributed by atoms with van der Waals surface area (Å²) in [4.78, 5) is 8.12. The smallest absolute Gasteiger partial charge is 0.143 e. The van der Waals surface area contributed by atoms with Crippen LogP contribution in [0.25, 0.3) is 11.3 Å². The summed E-state index contributed by atoms with van der Waals surface area (Å²) in [6, 6.07) is 6.36. The Bertz CT molecular complexity index is 519. The van der Waals surface area contributed by atoms with Crippen LogP contribution in [0.2, 0.25) is 0 Å². The molecule has 0 aliphatic rings. The highest BCUT2D eigenvalue weighted by molar-refractivity contribution is 9.10. The van der Waals surface area contributed by atoms with Crippen LogP contribution in [0.1, 0.15) is 5.82 Å². The molecule has 0 saturated heterocycles. The van der Waals surface area contributed by atoms with Crippen LogP contribution in [-0.4, -0.2) is 9.97 Å². The summed E-state index contributed by atoms with van der Waals surface area (Å²) in [5.74, 6) is 0.379. The summed E-state index contributed by atoms with van der Waals surface area (Å²) >= 11 is 8.92. The van der Waals surface area contributed by atoms with Crippen LogP contribution in [-0.2, 0) is 5.88 Å². The van der Waals surface area contributed by atoms with Crippen LogP contribution in [0.4, 0.5) is 4.39 Å². The Kier molecular flexibility index (Phi) is 3.51. The third-order valence-electron chi connectivity index (χ3n) is 2.03. The minimum absolute atomic E-state index is 0.212. The van der Waals surface area contributed by atoms with E-state index in [0.29, 0.717) is 17.1 Å². The molecule has 2 rings (SSSR count). The number of halogens is 3. The van der Waals surface area contributed by atoms with E-state index < -0.39 is 0 Å². The minimum atomic E-state index is -0.317. The zero-order valence-electron chi connectivity index (χ0n) is 8.12. The third kappa shape index (κ3) is 2.39. The average Bonchev–Trinajstić information content (AvgIpc) is 2.32. The van der Waals surface area contributed by atoms with Crippen molar-refractivity contribution in [2.24, 2.45) is 0 Å². The van der Waals surface area contributed by atoms with Crippen molar-refractivity contribution in [3.63, 3.8) is 0 Å². The lowest BCUT2D eigenvalue weighted by molar-refractivity contribution is 0.630. The minimum Gasteiger partial charge on any atom is -0.240 e. The van der Waals surface area contributed by atoms with Gasteiger partial charge in [-0.2, -0.15) is 0 Å². The van der Waals surface area contributed by atoms with Crippen molar-refractivity contribution in [3.8, 4) is 11.3 Å². The number of hydrogen-bond donors (Lipinski definition) is 0. The predicted octanol–water partition coefficient (Wildman–Crippen LogP) is 3.78. The van der Waals surface area contributed by atoms with Crippen molar-refractivity contribution in [2.45, 2.75) is 5.88 Å². The molecule has 0 bridgehead atoms. The Morgan fingerprint density at radius 3 is 2.88 bits per heavy atom. The lowest BCUT2D eigenvalue weighted by Gasteiger charge is -2.04. The number of benzene rings is 1. The van der Waals surface area contributed by atoms with Crippen LogP contribution in [0, 0.1) is 5.82 Å². The van der Waals surface area contributed by atoms with Gasteiger partial charge < -0.3 is 0 Å². The molecule has 0 unspecified atom stereocenters. The second-order valence-electron chi connectivity index (χ2n) is 3.12. The molecule has 16 heavy (non-hydrogen) atoms. The van der Waals surface area contributed by atoms with Crippen molar-refractivity contribution >= 4 is 27.5 Å². The van der Waals surface area contributed by atoms with E-state index in [9.17, 15) is 4.39 Å². The zero-order chi connectivity index (χ0) is 11.5. The molecule has 82 valence electrons. The molecule has 0 N–H and O–H groups in total. The van der Waals surface area contributed by atoms with Gasteiger partial charge in [-0.25, -0.2) is 14.4 Å². The fourth-order valence-corrected chi connectivity index (χ4v) is 1.80. The number of aromatic nitrogens is 2. The summed E-state index contributed by atoms with van der Waals surface area (Å²) in [6.45, 7) is 0. The standard InChI is InChI=1S/C11H7BrClFN2/c12-7-1-2-9(14)8(5-7)10-3-4-15-11(6-13)16-10/h1-5H,6H2. The lowest BCUT2D eigenvalue weighted by Crippen LogP contribution is -1.94. The highest BCUT2D eigenvalue weighted by atomic mass is 79.9. The maximum absolute atomic E-state index is 13.6. The molecule has 0 aliphatic heterocycles. The summed E-state index contributed by atoms with van der Waals surface area (Å²) in [6.07, 6.45) is 1.57. The van der Waals surface area contributed by atoms with Crippen LogP contribution >= 0.6 is 27.5 Å². The largest absolute Gasteiger partial charge is 0.240 e. The Hall–Kier alpha value is -1.00. The van der Waals surface area contributed by atoms with E-state index in [-0.39, 0.29) is 11.7 Å². The van der Waals surface area contributed by atoms with Crippen LogP contribution in [0.3, 0.4) is 0 Å². The Morgan fingerprint density at radius 2 is 2.12 bits per heavy atom. The third-order valence-corrected chi connectivity index (χ3v) is 2.76. The van der Waals surface area contributed by atoms with Crippen molar-refractivity contribution in [2.75, 3.05) is 0 Å². The van der Waals surface area contributed by atoms with Crippen molar-refractivity contribution in [1.29, 1.82) is 0 Å². The van der Waals surface area contributed by atoms with Gasteiger partial charge in [-0.05, 0) is 24.3 Å². The number of nitrogens with zero attached hydrogens (tertiary/aromatic N) is 2. The van der Waals surface area contributed by atoms with E-state index in [0.717, 1.165) is 4.47 Å². The van der Waals surface area contributed by atoms with Gasteiger partial charge in [0.1, 0.15) is 11.6 Å². The summed E-state index contributed by atoms with van der Waals surface area (Å²) in [5, 5.41) is 0. The molecule has 0 amide bonds. The van der Waals surface area contributed by atoms with Crippen LogP contribution in [0.15, 0.2) is 34.9 Å². The molecule has 0 radical (unpaired) electrons. The van der Waals surface area contributed by atoms with Gasteiger partial charge >= 0.3 is 0 Å². The molecular formula is C11H7BrClFN2. The Labute approximate surface area is 106 Å². The molecule has 0 aliphatic carbocycles. The van der Waals surface area contributed by atoms with Crippen LogP contribution < -0.4 is 0 Å². The van der Waals surface area contributed by atoms with Crippen molar-refractivity contribution in [3.05, 3.63) is 46.6 Å². The molecule has 1 aromatic carbocycles. The maximum atomic E-state index is 13.6. The molecule has 0 fully saturated rings. The van der Waals surface area contributed by atoms with E-state index in [1.165, 1.54) is 6.07 Å². The molecule has 5 heteroatoms. The quantitative estimate of drug-likeness (QED) is 0.789. The SMILES string of the molecule is Fc1ccc(Br)cc1-c1ccnc(CCl)n1. The number of rotatable bonds is 2. The molecule has 0 atom stereocenters. The van der Waals surface area contributed by atoms with Crippen molar-refractivity contribution < 1.29 is 4.39 Å². The van der Waals surface area contributed by atoms with Gasteiger partial charge in [-0.15, -0.1) is 11.6 Å². The molecule has 2 aromatic rings. The molecule has 0 spiro atoms. The molecule has 0 saturated carbocycles. The van der Waals surface area contributed by atoms with Gasteiger partial charge in [0.2, 0.25) is 0 Å². The summed E-state index contributed by atoms with van der Waals surface area (Å²) < 4.78 is 14.4. The first-order valence-corrected chi connectivity index (χ1v) is 5.87. The normalized spacial score (nSPS) is 10.4. The maximum Gasteiger partial charge on any atom is 0.143 e. The monoisotopic (exact) mass is 300 g/mol. The van der Waals surface area contributed by atoms with E-state index in [4.69, 9.17) is 11.6 Å². The predicted molar refractivity (Wildman–Crippen MR) is 64.7 cm³/mol. The molecule has 1 aromatic heterocycles. The zero-order valence-corrected chi connectivity index (χ0v) is 10.5. The highest BCUT2D eigenvalue weighted by Gasteiger charge is 2.07. The number of hydrogen-bond acceptors (Lipinski definition) is 2. The average molecular weight is 302 g/mol. The van der Waals surface area contributed by atoms with Gasteiger partial charge in [0.15, 0.2) is 0 Å². The fourth-order valence-electron chi connectivity index (χ4n) is 1.31. The van der Waals surface area contributed by atoms with E-state index in [1.807, 2.05) is 0 Å². The summed E-state index contributed by atoms with van der Waals surface area (Å²) in [5.41, 5.74) is 0.965. The number of alkyl halides is 1. The van der Waals surface area contributed by atoms with Crippen molar-refractivity contribution in [1.82, 2.24) is 9.97 Å². The molecular weight excluding hydrogens is 294 g/mol. The second-order valence-corrected chi connectivity index (χ2v) is 4.30. The van der Waals surface area contributed by atoms with Gasteiger partial charge in [-0.1, -0.05) is 15.9 Å². The first kappa shape index (κ1) is 11.5. The molecule has 2 nitrogen and oxygen atoms in total. The van der Waals surface area contributed by atoms with E-state index in [2.05, 4.69) is 25.9 Å².